The molecule has 0 spiro atoms. The Morgan fingerprint density at radius 2 is 1.63 bits per heavy atom. The van der Waals surface area contributed by atoms with Crippen molar-refractivity contribution in [1.82, 2.24) is 9.80 Å². The van der Waals surface area contributed by atoms with Gasteiger partial charge in [-0.05, 0) is 36.4 Å². The predicted octanol–water partition coefficient (Wildman–Crippen LogP) is 2.50. The summed E-state index contributed by atoms with van der Waals surface area (Å²) in [6, 6.07) is 9.62. The van der Waals surface area contributed by atoms with Crippen LogP contribution in [0.1, 0.15) is 15.9 Å². The number of methoxy groups -OCH3 is 1. The zero-order valence-corrected chi connectivity index (χ0v) is 15.0. The largest absolute Gasteiger partial charge is 0.496 e. The van der Waals surface area contributed by atoms with Gasteiger partial charge in [0.25, 0.3) is 5.91 Å². The van der Waals surface area contributed by atoms with E-state index in [0.29, 0.717) is 43.1 Å². The van der Waals surface area contributed by atoms with Crippen LogP contribution < -0.4 is 4.74 Å². The zero-order chi connectivity index (χ0) is 19.4. The van der Waals surface area contributed by atoms with E-state index in [2.05, 4.69) is 0 Å². The first-order valence-electron chi connectivity index (χ1n) is 8.63. The van der Waals surface area contributed by atoms with E-state index in [9.17, 15) is 18.4 Å². The maximum absolute atomic E-state index is 13.5. The third-order valence-corrected chi connectivity index (χ3v) is 4.58. The number of nitrogens with zero attached hydrogens (tertiary/aromatic N) is 2. The van der Waals surface area contributed by atoms with E-state index in [1.807, 2.05) is 0 Å². The van der Waals surface area contributed by atoms with E-state index in [1.165, 1.54) is 43.5 Å². The first kappa shape index (κ1) is 18.8. The van der Waals surface area contributed by atoms with Crippen LogP contribution in [0.15, 0.2) is 42.5 Å². The highest BCUT2D eigenvalue weighted by Gasteiger charge is 2.25. The van der Waals surface area contributed by atoms with Crippen molar-refractivity contribution in [3.63, 3.8) is 0 Å². The fourth-order valence-corrected chi connectivity index (χ4v) is 3.12. The smallest absolute Gasteiger partial charge is 0.254 e. The number of piperazine rings is 1. The molecule has 1 saturated heterocycles. The van der Waals surface area contributed by atoms with Gasteiger partial charge in [0.1, 0.15) is 17.4 Å². The van der Waals surface area contributed by atoms with Crippen LogP contribution in [0.25, 0.3) is 0 Å². The molecule has 0 unspecified atom stereocenters. The van der Waals surface area contributed by atoms with Gasteiger partial charge in [-0.2, -0.15) is 0 Å². The van der Waals surface area contributed by atoms with Crippen LogP contribution in [-0.2, 0) is 11.2 Å². The maximum Gasteiger partial charge on any atom is 0.254 e. The summed E-state index contributed by atoms with van der Waals surface area (Å²) in [5, 5.41) is 0. The van der Waals surface area contributed by atoms with Gasteiger partial charge in [-0.15, -0.1) is 0 Å². The summed E-state index contributed by atoms with van der Waals surface area (Å²) in [5.41, 5.74) is 0.778. The first-order chi connectivity index (χ1) is 13.0. The quantitative estimate of drug-likeness (QED) is 0.826. The number of carbonyl (C=O) groups excluding carboxylic acids is 2. The predicted molar refractivity (Wildman–Crippen MR) is 95.5 cm³/mol. The number of halogens is 2. The van der Waals surface area contributed by atoms with Crippen LogP contribution in [-0.4, -0.2) is 54.9 Å². The van der Waals surface area contributed by atoms with E-state index >= 15 is 0 Å². The Labute approximate surface area is 156 Å². The second-order valence-corrected chi connectivity index (χ2v) is 6.32. The lowest BCUT2D eigenvalue weighted by atomic mass is 10.1. The van der Waals surface area contributed by atoms with Crippen molar-refractivity contribution in [3.8, 4) is 5.75 Å². The fraction of sp³-hybridized carbons (Fsp3) is 0.300. The minimum atomic E-state index is -0.460. The van der Waals surface area contributed by atoms with E-state index in [0.717, 1.165) is 0 Å². The molecule has 1 heterocycles. The highest BCUT2D eigenvalue weighted by molar-refractivity contribution is 5.94. The Bertz CT molecular complexity index is 849. The number of rotatable bonds is 4. The van der Waals surface area contributed by atoms with Crippen molar-refractivity contribution in [3.05, 3.63) is 65.2 Å². The topological polar surface area (TPSA) is 49.9 Å². The molecule has 0 radical (unpaired) electrons. The molecule has 1 aliphatic rings. The second kappa shape index (κ2) is 8.16. The van der Waals surface area contributed by atoms with Crippen molar-refractivity contribution >= 4 is 11.8 Å². The molecular weight excluding hydrogens is 354 g/mol. The molecule has 27 heavy (non-hydrogen) atoms. The summed E-state index contributed by atoms with van der Waals surface area (Å²) in [6.45, 7) is 1.47. The molecule has 5 nitrogen and oxygen atoms in total. The van der Waals surface area contributed by atoms with E-state index in [-0.39, 0.29) is 18.2 Å². The summed E-state index contributed by atoms with van der Waals surface area (Å²) < 4.78 is 31.9. The molecule has 2 aromatic carbocycles. The van der Waals surface area contributed by atoms with Crippen LogP contribution in [0.3, 0.4) is 0 Å². The lowest BCUT2D eigenvalue weighted by Gasteiger charge is -2.35. The van der Waals surface area contributed by atoms with E-state index in [1.54, 1.807) is 15.9 Å². The van der Waals surface area contributed by atoms with Gasteiger partial charge >= 0.3 is 0 Å². The van der Waals surface area contributed by atoms with Crippen molar-refractivity contribution < 1.29 is 23.1 Å². The number of ether oxygens (including phenoxy) is 1. The molecule has 0 aromatic heterocycles. The van der Waals surface area contributed by atoms with Gasteiger partial charge < -0.3 is 14.5 Å². The van der Waals surface area contributed by atoms with Crippen LogP contribution >= 0.6 is 0 Å². The molecule has 0 bridgehead atoms. The highest BCUT2D eigenvalue weighted by Crippen LogP contribution is 2.21. The summed E-state index contributed by atoms with van der Waals surface area (Å²) in [6.07, 6.45) is 0.0266. The molecule has 3 rings (SSSR count). The summed E-state index contributed by atoms with van der Waals surface area (Å²) >= 11 is 0. The Hall–Kier alpha value is -2.96. The SMILES string of the molecule is COc1ccc(F)cc1CC(=O)N1CCN(C(=O)c2cccc(F)c2)CC1. The molecule has 142 valence electrons. The normalized spacial score (nSPS) is 14.2. The molecule has 1 aliphatic heterocycles. The summed E-state index contributed by atoms with van der Waals surface area (Å²) in [5.74, 6) is -0.836. The molecule has 2 aromatic rings. The lowest BCUT2D eigenvalue weighted by molar-refractivity contribution is -0.131. The first-order valence-corrected chi connectivity index (χ1v) is 8.63. The Kier molecular flexibility index (Phi) is 5.69. The zero-order valence-electron chi connectivity index (χ0n) is 15.0. The second-order valence-electron chi connectivity index (χ2n) is 6.32. The number of carbonyl (C=O) groups is 2. The number of hydrogen-bond acceptors (Lipinski definition) is 3. The number of amides is 2. The molecule has 1 fully saturated rings. The van der Waals surface area contributed by atoms with Crippen molar-refractivity contribution in [1.29, 1.82) is 0 Å². The van der Waals surface area contributed by atoms with Gasteiger partial charge in [0.2, 0.25) is 5.91 Å². The molecular formula is C20H20F2N2O3. The van der Waals surface area contributed by atoms with Gasteiger partial charge in [0, 0.05) is 37.3 Å². The van der Waals surface area contributed by atoms with Gasteiger partial charge in [0.05, 0.1) is 13.5 Å². The summed E-state index contributed by atoms with van der Waals surface area (Å²) in [7, 11) is 1.47. The monoisotopic (exact) mass is 374 g/mol. The van der Waals surface area contributed by atoms with Crippen molar-refractivity contribution in [2.75, 3.05) is 33.3 Å². The average molecular weight is 374 g/mol. The Balaban J connectivity index is 1.60. The van der Waals surface area contributed by atoms with Gasteiger partial charge in [-0.25, -0.2) is 8.78 Å². The average Bonchev–Trinajstić information content (AvgIpc) is 2.67. The van der Waals surface area contributed by atoms with Crippen LogP contribution in [0.5, 0.6) is 5.75 Å². The van der Waals surface area contributed by atoms with Crippen molar-refractivity contribution in [2.45, 2.75) is 6.42 Å². The number of benzene rings is 2. The Morgan fingerprint density at radius 3 is 2.30 bits per heavy atom. The van der Waals surface area contributed by atoms with Gasteiger partial charge in [-0.1, -0.05) is 6.07 Å². The van der Waals surface area contributed by atoms with Crippen LogP contribution in [0, 0.1) is 11.6 Å². The molecule has 2 amide bonds. The number of hydrogen-bond donors (Lipinski definition) is 0. The minimum Gasteiger partial charge on any atom is -0.496 e. The summed E-state index contributed by atoms with van der Waals surface area (Å²) in [4.78, 5) is 28.2. The molecule has 0 atom stereocenters. The lowest BCUT2D eigenvalue weighted by Crippen LogP contribution is -2.51. The highest BCUT2D eigenvalue weighted by atomic mass is 19.1. The van der Waals surface area contributed by atoms with Gasteiger partial charge in [-0.3, -0.25) is 9.59 Å². The molecule has 0 N–H and O–H groups in total. The van der Waals surface area contributed by atoms with Crippen LogP contribution in [0.2, 0.25) is 0 Å². The van der Waals surface area contributed by atoms with Crippen molar-refractivity contribution in [2.24, 2.45) is 0 Å². The third-order valence-electron chi connectivity index (χ3n) is 4.58. The molecule has 0 aliphatic carbocycles. The molecule has 7 heteroatoms. The standard InChI is InChI=1S/C20H20F2N2O3/c1-27-18-6-5-17(22)12-15(18)13-19(25)23-7-9-24(10-8-23)20(26)14-3-2-4-16(21)11-14/h2-6,11-12H,7-10,13H2,1H3. The van der Waals surface area contributed by atoms with E-state index in [4.69, 9.17) is 4.74 Å². The maximum atomic E-state index is 13.5. The van der Waals surface area contributed by atoms with Crippen LogP contribution in [0.4, 0.5) is 8.78 Å². The fourth-order valence-electron chi connectivity index (χ4n) is 3.12. The molecule has 0 saturated carbocycles. The van der Waals surface area contributed by atoms with E-state index < -0.39 is 11.6 Å². The third kappa shape index (κ3) is 4.42. The Morgan fingerprint density at radius 1 is 0.963 bits per heavy atom. The van der Waals surface area contributed by atoms with Gasteiger partial charge in [0.15, 0.2) is 0 Å². The minimum absolute atomic E-state index is 0.0266.